The van der Waals surface area contributed by atoms with Gasteiger partial charge in [0.1, 0.15) is 11.6 Å². The van der Waals surface area contributed by atoms with E-state index in [0.29, 0.717) is 11.4 Å². The van der Waals surface area contributed by atoms with E-state index in [-0.39, 0.29) is 19.1 Å². The summed E-state index contributed by atoms with van der Waals surface area (Å²) in [6.07, 6.45) is -1.53. The van der Waals surface area contributed by atoms with E-state index in [9.17, 15) is 18.3 Å². The van der Waals surface area contributed by atoms with Crippen LogP contribution < -0.4 is 0 Å². The fraction of sp³-hybridized carbons (Fsp3) is 0.467. The fourth-order valence-corrected chi connectivity index (χ4v) is 2.91. The molecule has 118 valence electrons. The second kappa shape index (κ2) is 5.72. The third-order valence-corrected chi connectivity index (χ3v) is 3.97. The summed E-state index contributed by atoms with van der Waals surface area (Å²) in [5, 5.41) is 17.7. The second-order valence-electron chi connectivity index (χ2n) is 5.51. The third-order valence-electron chi connectivity index (χ3n) is 3.97. The quantitative estimate of drug-likeness (QED) is 0.948. The lowest BCUT2D eigenvalue weighted by Crippen LogP contribution is -2.23. The molecule has 0 saturated heterocycles. The minimum Gasteiger partial charge on any atom is -0.394 e. The van der Waals surface area contributed by atoms with Gasteiger partial charge in [0, 0.05) is 12.8 Å². The van der Waals surface area contributed by atoms with Gasteiger partial charge in [0.05, 0.1) is 18.2 Å². The minimum atomic E-state index is -4.35. The Morgan fingerprint density at radius 3 is 2.82 bits per heavy atom. The van der Waals surface area contributed by atoms with Gasteiger partial charge >= 0.3 is 6.18 Å². The van der Waals surface area contributed by atoms with E-state index in [1.165, 1.54) is 6.07 Å². The summed E-state index contributed by atoms with van der Waals surface area (Å²) in [4.78, 5) is 0. The topological polar surface area (TPSA) is 50.9 Å². The number of aliphatic hydroxyl groups is 1. The van der Waals surface area contributed by atoms with Crippen molar-refractivity contribution in [2.45, 2.75) is 37.9 Å². The maximum absolute atomic E-state index is 12.8. The van der Waals surface area contributed by atoms with Crippen LogP contribution in [0.15, 0.2) is 24.3 Å². The van der Waals surface area contributed by atoms with Crippen LogP contribution in [0.2, 0.25) is 0 Å². The summed E-state index contributed by atoms with van der Waals surface area (Å²) < 4.78 is 40.2. The highest BCUT2D eigenvalue weighted by molar-refractivity contribution is 5.28. The van der Waals surface area contributed by atoms with Gasteiger partial charge in [0.25, 0.3) is 0 Å². The lowest BCUT2D eigenvalue weighted by Gasteiger charge is -2.24. The van der Waals surface area contributed by atoms with Gasteiger partial charge in [0.15, 0.2) is 0 Å². The first-order valence-electron chi connectivity index (χ1n) is 7.18. The van der Waals surface area contributed by atoms with Crippen molar-refractivity contribution in [1.29, 1.82) is 0 Å². The van der Waals surface area contributed by atoms with Gasteiger partial charge in [-0.15, -0.1) is 10.2 Å². The van der Waals surface area contributed by atoms with E-state index < -0.39 is 11.7 Å². The van der Waals surface area contributed by atoms with Crippen molar-refractivity contribution in [3.05, 3.63) is 47.0 Å². The number of aliphatic hydroxyl groups excluding tert-OH is 1. The lowest BCUT2D eigenvalue weighted by molar-refractivity contribution is -0.137. The molecule has 0 saturated carbocycles. The Morgan fingerprint density at radius 1 is 1.27 bits per heavy atom. The third kappa shape index (κ3) is 2.85. The number of fused-ring (bicyclic) bond motifs is 1. The predicted octanol–water partition coefficient (Wildman–Crippen LogP) is 2.76. The molecule has 0 fully saturated rings. The molecule has 1 unspecified atom stereocenters. The number of benzene rings is 1. The largest absolute Gasteiger partial charge is 0.416 e. The summed E-state index contributed by atoms with van der Waals surface area (Å²) in [6.45, 7) is -0.0133. The molecule has 2 heterocycles. The first-order valence-corrected chi connectivity index (χ1v) is 7.18. The minimum absolute atomic E-state index is 0.0133. The Bertz CT molecular complexity index is 666. The second-order valence-corrected chi connectivity index (χ2v) is 5.51. The lowest BCUT2D eigenvalue weighted by atomic mass is 10.0. The number of aryl methyl sites for hydroxylation is 1. The first-order chi connectivity index (χ1) is 10.5. The van der Waals surface area contributed by atoms with Crippen LogP contribution in [0, 0.1) is 0 Å². The van der Waals surface area contributed by atoms with Crippen LogP contribution in [0.1, 0.15) is 41.7 Å². The molecule has 1 aliphatic rings. The van der Waals surface area contributed by atoms with E-state index in [0.717, 1.165) is 37.2 Å². The molecule has 0 spiro atoms. The molecule has 3 rings (SSSR count). The molecule has 0 aliphatic carbocycles. The smallest absolute Gasteiger partial charge is 0.394 e. The Morgan fingerprint density at radius 2 is 2.09 bits per heavy atom. The van der Waals surface area contributed by atoms with Crippen molar-refractivity contribution in [1.82, 2.24) is 14.8 Å². The van der Waals surface area contributed by atoms with E-state index in [1.807, 2.05) is 4.57 Å². The molecule has 0 bridgehead atoms. The first kappa shape index (κ1) is 15.0. The standard InChI is InChI=1S/C15H16F3N3O/c16-15(17,18)11-4-1-3-10(7-11)8-14-20-19-13-6-2-5-12(9-22)21(13)14/h1,3-4,7,12,22H,2,5-6,8-9H2. The van der Waals surface area contributed by atoms with Crippen LogP contribution in [0.5, 0.6) is 0 Å². The normalized spacial score (nSPS) is 18.3. The van der Waals surface area contributed by atoms with Gasteiger partial charge in [-0.1, -0.05) is 18.2 Å². The molecule has 1 aromatic heterocycles. The monoisotopic (exact) mass is 311 g/mol. The fourth-order valence-electron chi connectivity index (χ4n) is 2.91. The Labute approximate surface area is 125 Å². The summed E-state index contributed by atoms with van der Waals surface area (Å²) in [6, 6.07) is 5.15. The molecule has 4 nitrogen and oxygen atoms in total. The van der Waals surface area contributed by atoms with E-state index in [2.05, 4.69) is 10.2 Å². The number of hydrogen-bond acceptors (Lipinski definition) is 3. The number of aromatic nitrogens is 3. The maximum atomic E-state index is 12.8. The molecule has 0 amide bonds. The Kier molecular flexibility index (Phi) is 3.90. The maximum Gasteiger partial charge on any atom is 0.416 e. The average molecular weight is 311 g/mol. The molecule has 1 N–H and O–H groups in total. The van der Waals surface area contributed by atoms with E-state index in [1.54, 1.807) is 6.07 Å². The summed E-state index contributed by atoms with van der Waals surface area (Å²) in [7, 11) is 0. The molecular weight excluding hydrogens is 295 g/mol. The highest BCUT2D eigenvalue weighted by atomic mass is 19.4. The van der Waals surface area contributed by atoms with Crippen molar-refractivity contribution in [3.8, 4) is 0 Å². The molecule has 0 radical (unpaired) electrons. The zero-order chi connectivity index (χ0) is 15.7. The Balaban J connectivity index is 1.90. The van der Waals surface area contributed by atoms with Crippen LogP contribution in [0.25, 0.3) is 0 Å². The summed E-state index contributed by atoms with van der Waals surface area (Å²) >= 11 is 0. The predicted molar refractivity (Wildman–Crippen MR) is 73.3 cm³/mol. The Hall–Kier alpha value is -1.89. The van der Waals surface area contributed by atoms with Crippen molar-refractivity contribution >= 4 is 0 Å². The van der Waals surface area contributed by atoms with Gasteiger partial charge < -0.3 is 9.67 Å². The van der Waals surface area contributed by atoms with E-state index >= 15 is 0 Å². The molecule has 7 heteroatoms. The highest BCUT2D eigenvalue weighted by Crippen LogP contribution is 2.30. The van der Waals surface area contributed by atoms with Crippen LogP contribution in [-0.4, -0.2) is 26.5 Å². The van der Waals surface area contributed by atoms with Gasteiger partial charge in [-0.2, -0.15) is 13.2 Å². The number of halogens is 3. The zero-order valence-electron chi connectivity index (χ0n) is 11.8. The number of rotatable bonds is 3. The van der Waals surface area contributed by atoms with Crippen molar-refractivity contribution < 1.29 is 18.3 Å². The molecule has 1 atom stereocenters. The van der Waals surface area contributed by atoms with Crippen molar-refractivity contribution in [2.75, 3.05) is 6.61 Å². The van der Waals surface area contributed by atoms with Crippen LogP contribution >= 0.6 is 0 Å². The number of nitrogens with zero attached hydrogens (tertiary/aromatic N) is 3. The zero-order valence-corrected chi connectivity index (χ0v) is 11.8. The molecule has 1 aromatic carbocycles. The van der Waals surface area contributed by atoms with Crippen molar-refractivity contribution in [3.63, 3.8) is 0 Å². The van der Waals surface area contributed by atoms with Crippen LogP contribution in [0.4, 0.5) is 13.2 Å². The molecule has 22 heavy (non-hydrogen) atoms. The van der Waals surface area contributed by atoms with Gasteiger partial charge in [0.2, 0.25) is 0 Å². The number of hydrogen-bond donors (Lipinski definition) is 1. The summed E-state index contributed by atoms with van der Waals surface area (Å²) in [5.74, 6) is 1.40. The van der Waals surface area contributed by atoms with Crippen LogP contribution in [0.3, 0.4) is 0 Å². The highest BCUT2D eigenvalue weighted by Gasteiger charge is 2.30. The summed E-state index contributed by atoms with van der Waals surface area (Å²) in [5.41, 5.74) is -0.130. The average Bonchev–Trinajstić information content (AvgIpc) is 2.90. The SMILES string of the molecule is OCC1CCCc2nnc(Cc3cccc(C(F)(F)F)c3)n21. The molecule has 2 aromatic rings. The molecular formula is C15H16F3N3O. The van der Waals surface area contributed by atoms with Gasteiger partial charge in [-0.05, 0) is 24.5 Å². The van der Waals surface area contributed by atoms with Gasteiger partial charge in [-0.3, -0.25) is 0 Å². The van der Waals surface area contributed by atoms with E-state index in [4.69, 9.17) is 0 Å². The van der Waals surface area contributed by atoms with Crippen molar-refractivity contribution in [2.24, 2.45) is 0 Å². The van der Waals surface area contributed by atoms with Gasteiger partial charge in [-0.25, -0.2) is 0 Å². The molecule has 1 aliphatic heterocycles. The van der Waals surface area contributed by atoms with Crippen LogP contribution in [-0.2, 0) is 19.0 Å². The number of alkyl halides is 3.